The molecule has 7 nitrogen and oxygen atoms in total. The molecular formula is C12H21N3O4. The van der Waals surface area contributed by atoms with E-state index in [1.54, 1.807) is 13.8 Å². The average Bonchev–Trinajstić information content (AvgIpc) is 2.21. The van der Waals surface area contributed by atoms with Crippen LogP contribution in [0.15, 0.2) is 0 Å². The highest BCUT2D eigenvalue weighted by Gasteiger charge is 2.41. The second kappa shape index (κ2) is 5.90. The van der Waals surface area contributed by atoms with E-state index in [4.69, 9.17) is 10.8 Å². The van der Waals surface area contributed by atoms with Crippen LogP contribution >= 0.6 is 0 Å². The summed E-state index contributed by atoms with van der Waals surface area (Å²) in [5.41, 5.74) is 4.36. The van der Waals surface area contributed by atoms with E-state index >= 15 is 0 Å². The van der Waals surface area contributed by atoms with Gasteiger partial charge in [-0.2, -0.15) is 0 Å². The molecule has 0 aromatic carbocycles. The predicted molar refractivity (Wildman–Crippen MR) is 68.3 cm³/mol. The molecule has 0 aromatic rings. The molecular weight excluding hydrogens is 250 g/mol. The third-order valence-electron chi connectivity index (χ3n) is 3.44. The van der Waals surface area contributed by atoms with Crippen LogP contribution in [0.1, 0.15) is 39.5 Å². The smallest absolute Gasteiger partial charge is 0.312 e. The Kier molecular flexibility index (Phi) is 4.74. The second-order valence-corrected chi connectivity index (χ2v) is 5.42. The fourth-order valence-electron chi connectivity index (χ4n) is 2.27. The number of carbonyl (C=O) groups excluding carboxylic acids is 2. The van der Waals surface area contributed by atoms with Crippen LogP contribution < -0.4 is 16.4 Å². The Labute approximate surface area is 111 Å². The van der Waals surface area contributed by atoms with Gasteiger partial charge in [0.05, 0.1) is 12.0 Å². The first-order chi connectivity index (χ1) is 8.76. The van der Waals surface area contributed by atoms with Gasteiger partial charge in [-0.15, -0.1) is 0 Å². The minimum Gasteiger partial charge on any atom is -0.481 e. The fourth-order valence-corrected chi connectivity index (χ4v) is 2.27. The lowest BCUT2D eigenvalue weighted by molar-refractivity contribution is -0.140. The molecule has 1 atom stereocenters. The number of hydrogen-bond donors (Lipinski definition) is 4. The third-order valence-corrected chi connectivity index (χ3v) is 3.44. The summed E-state index contributed by atoms with van der Waals surface area (Å²) in [5, 5.41) is 14.0. The molecule has 0 saturated heterocycles. The van der Waals surface area contributed by atoms with Gasteiger partial charge in [0.1, 0.15) is 6.04 Å². The highest BCUT2D eigenvalue weighted by Crippen LogP contribution is 2.35. The van der Waals surface area contributed by atoms with E-state index in [9.17, 15) is 14.4 Å². The van der Waals surface area contributed by atoms with E-state index in [1.165, 1.54) is 0 Å². The first-order valence-corrected chi connectivity index (χ1v) is 6.35. The van der Waals surface area contributed by atoms with Crippen LogP contribution in [-0.4, -0.2) is 34.6 Å². The van der Waals surface area contributed by atoms with Gasteiger partial charge in [-0.3, -0.25) is 9.59 Å². The van der Waals surface area contributed by atoms with Gasteiger partial charge in [0.25, 0.3) is 0 Å². The van der Waals surface area contributed by atoms with Crippen LogP contribution in [0.5, 0.6) is 0 Å². The maximum Gasteiger partial charge on any atom is 0.312 e. The van der Waals surface area contributed by atoms with Crippen LogP contribution in [0.2, 0.25) is 0 Å². The maximum atomic E-state index is 12.1. The lowest BCUT2D eigenvalue weighted by atomic mass is 9.74. The predicted octanol–water partition coefficient (Wildman–Crippen LogP) is 0.193. The minimum absolute atomic E-state index is 0.0971. The Morgan fingerprint density at radius 3 is 2.21 bits per heavy atom. The van der Waals surface area contributed by atoms with Crippen LogP contribution in [0, 0.1) is 5.92 Å². The maximum absolute atomic E-state index is 12.1. The molecule has 3 amide bonds. The first-order valence-electron chi connectivity index (χ1n) is 6.35. The van der Waals surface area contributed by atoms with Crippen molar-refractivity contribution in [3.63, 3.8) is 0 Å². The molecule has 7 heteroatoms. The Morgan fingerprint density at radius 1 is 1.32 bits per heavy atom. The van der Waals surface area contributed by atoms with E-state index in [1.807, 2.05) is 0 Å². The molecule has 0 aliphatic heterocycles. The SMILES string of the molecule is CC(C)C(NC(N)=O)C(=O)NC1(CC(=O)O)CCC1. The minimum atomic E-state index is -0.941. The lowest BCUT2D eigenvalue weighted by Crippen LogP contribution is -2.60. The molecule has 0 heterocycles. The first kappa shape index (κ1) is 15.3. The van der Waals surface area contributed by atoms with Gasteiger partial charge in [-0.25, -0.2) is 4.79 Å². The fraction of sp³-hybridized carbons (Fsp3) is 0.750. The highest BCUT2D eigenvalue weighted by atomic mass is 16.4. The summed E-state index contributed by atoms with van der Waals surface area (Å²) in [6.07, 6.45) is 2.09. The summed E-state index contributed by atoms with van der Waals surface area (Å²) in [4.78, 5) is 33.8. The summed E-state index contributed by atoms with van der Waals surface area (Å²) in [5.74, 6) is -1.45. The Hall–Kier alpha value is -1.79. The van der Waals surface area contributed by atoms with Crippen molar-refractivity contribution in [1.29, 1.82) is 0 Å². The van der Waals surface area contributed by atoms with Crippen LogP contribution in [0.25, 0.3) is 0 Å². The van der Waals surface area contributed by atoms with Gasteiger partial charge in [0, 0.05) is 0 Å². The number of nitrogens with one attached hydrogen (secondary N) is 2. The highest BCUT2D eigenvalue weighted by molar-refractivity contribution is 5.87. The molecule has 1 unspecified atom stereocenters. The van der Waals surface area contributed by atoms with Gasteiger partial charge in [0.2, 0.25) is 5.91 Å². The summed E-state index contributed by atoms with van der Waals surface area (Å²) < 4.78 is 0. The number of carbonyl (C=O) groups is 3. The molecule has 1 rings (SSSR count). The van der Waals surface area contributed by atoms with Crippen molar-refractivity contribution in [1.82, 2.24) is 10.6 Å². The Bertz CT molecular complexity index is 377. The number of carboxylic acids is 1. The Morgan fingerprint density at radius 2 is 1.89 bits per heavy atom. The zero-order valence-corrected chi connectivity index (χ0v) is 11.2. The topological polar surface area (TPSA) is 122 Å². The van der Waals surface area contributed by atoms with Gasteiger partial charge < -0.3 is 21.5 Å². The van der Waals surface area contributed by atoms with E-state index in [0.29, 0.717) is 12.8 Å². The molecule has 1 fully saturated rings. The lowest BCUT2D eigenvalue weighted by Gasteiger charge is -2.42. The number of urea groups is 1. The van der Waals surface area contributed by atoms with E-state index < -0.39 is 23.6 Å². The van der Waals surface area contributed by atoms with E-state index in [-0.39, 0.29) is 18.2 Å². The van der Waals surface area contributed by atoms with Crippen molar-refractivity contribution in [2.45, 2.75) is 51.1 Å². The van der Waals surface area contributed by atoms with E-state index in [2.05, 4.69) is 10.6 Å². The summed E-state index contributed by atoms with van der Waals surface area (Å²) in [6, 6.07) is -1.52. The number of amides is 3. The molecule has 1 aliphatic rings. The van der Waals surface area contributed by atoms with Gasteiger partial charge in [-0.05, 0) is 25.2 Å². The Balaban J connectivity index is 2.69. The molecule has 0 bridgehead atoms. The van der Waals surface area contributed by atoms with Gasteiger partial charge in [0.15, 0.2) is 0 Å². The van der Waals surface area contributed by atoms with Crippen molar-refractivity contribution >= 4 is 17.9 Å². The van der Waals surface area contributed by atoms with Crippen molar-refractivity contribution < 1.29 is 19.5 Å². The van der Waals surface area contributed by atoms with Gasteiger partial charge in [-0.1, -0.05) is 13.8 Å². The summed E-state index contributed by atoms with van der Waals surface area (Å²) in [6.45, 7) is 3.57. The number of carboxylic acid groups (broad SMARTS) is 1. The third kappa shape index (κ3) is 4.11. The number of hydrogen-bond acceptors (Lipinski definition) is 3. The van der Waals surface area contributed by atoms with Gasteiger partial charge >= 0.3 is 12.0 Å². The van der Waals surface area contributed by atoms with Crippen LogP contribution in [0.4, 0.5) is 4.79 Å². The molecule has 108 valence electrons. The molecule has 1 saturated carbocycles. The molecule has 5 N–H and O–H groups in total. The van der Waals surface area contributed by atoms with Crippen molar-refractivity contribution in [3.8, 4) is 0 Å². The van der Waals surface area contributed by atoms with Crippen LogP contribution in [0.3, 0.4) is 0 Å². The number of nitrogens with two attached hydrogens (primary N) is 1. The quantitative estimate of drug-likeness (QED) is 0.551. The molecule has 0 aromatic heterocycles. The molecule has 0 radical (unpaired) electrons. The number of primary amides is 1. The van der Waals surface area contributed by atoms with Crippen molar-refractivity contribution in [2.75, 3.05) is 0 Å². The zero-order chi connectivity index (χ0) is 14.6. The largest absolute Gasteiger partial charge is 0.481 e. The van der Waals surface area contributed by atoms with Crippen molar-refractivity contribution in [3.05, 3.63) is 0 Å². The number of rotatable bonds is 6. The molecule has 0 spiro atoms. The van der Waals surface area contributed by atoms with Crippen LogP contribution in [-0.2, 0) is 9.59 Å². The van der Waals surface area contributed by atoms with Crippen molar-refractivity contribution in [2.24, 2.45) is 11.7 Å². The monoisotopic (exact) mass is 271 g/mol. The molecule has 19 heavy (non-hydrogen) atoms. The average molecular weight is 271 g/mol. The number of aliphatic carboxylic acids is 1. The van der Waals surface area contributed by atoms with E-state index in [0.717, 1.165) is 6.42 Å². The standard InChI is InChI=1S/C12H21N3O4/c1-7(2)9(14-11(13)19)10(18)15-12(4-3-5-12)6-8(16)17/h7,9H,3-6H2,1-2H3,(H,15,18)(H,16,17)(H3,13,14,19). The second-order valence-electron chi connectivity index (χ2n) is 5.42. The normalized spacial score (nSPS) is 18.3. The summed E-state index contributed by atoms with van der Waals surface area (Å²) >= 11 is 0. The molecule has 1 aliphatic carbocycles. The zero-order valence-electron chi connectivity index (χ0n) is 11.2. The summed E-state index contributed by atoms with van der Waals surface area (Å²) in [7, 11) is 0.